The topological polar surface area (TPSA) is 208 Å². The van der Waals surface area contributed by atoms with Crippen molar-refractivity contribution in [3.05, 3.63) is 123 Å². The summed E-state index contributed by atoms with van der Waals surface area (Å²) in [6.07, 6.45) is 5.54. The van der Waals surface area contributed by atoms with Gasteiger partial charge in [0, 0.05) is 48.0 Å². The number of nitrogens with one attached hydrogen (secondary N) is 1. The first-order chi connectivity index (χ1) is 37.6. The molecule has 3 aromatic carbocycles. The molecule has 2 aliphatic rings. The molecule has 1 N–H and O–H groups in total. The number of carbonyl (C=O) groups is 4. The summed E-state index contributed by atoms with van der Waals surface area (Å²) in [5.41, 5.74) is 6.02. The van der Waals surface area contributed by atoms with Gasteiger partial charge in [0.05, 0.1) is 62.9 Å². The molecule has 1 saturated heterocycles. The van der Waals surface area contributed by atoms with E-state index in [0.717, 1.165) is 72.4 Å². The van der Waals surface area contributed by atoms with Crippen molar-refractivity contribution < 1.29 is 47.6 Å². The summed E-state index contributed by atoms with van der Waals surface area (Å²) >= 11 is 1.36. The van der Waals surface area contributed by atoms with E-state index in [1.807, 2.05) is 55.1 Å². The lowest BCUT2D eigenvalue weighted by Gasteiger charge is -2.36. The molecule has 17 nitrogen and oxygen atoms in total. The number of thiazole rings is 1. The second kappa shape index (κ2) is 28.0. The van der Waals surface area contributed by atoms with Gasteiger partial charge in [-0.3, -0.25) is 19.3 Å². The standard InChI is InChI=1S/C60H73N7O10S/c1-40-50(37-62)53(45-19-15-43(36-61)16-20-45)41(2)67(40)38-44-17-23-48(24-18-44)75-34-32-73-30-28-72-29-31-74-33-35-76-49-25-21-47(22-26-49)55(68)51-39-78-57(63-51)52-14-11-27-66(52)58(70)54(46-12-9-8-10-13-46)64-56(69)42(3)65(7)59(71)77-60(4,5)6/h15-26,39,42,46,52,54H,8-14,27-35,38H2,1-7H3,(H,64,69)/t42-,52-,54-/m0/s1. The highest BCUT2D eigenvalue weighted by Gasteiger charge is 2.41. The van der Waals surface area contributed by atoms with Gasteiger partial charge >= 0.3 is 6.09 Å². The number of aromatic nitrogens is 2. The summed E-state index contributed by atoms with van der Waals surface area (Å²) in [5.74, 6) is 0.496. The van der Waals surface area contributed by atoms with E-state index in [9.17, 15) is 29.7 Å². The van der Waals surface area contributed by atoms with Gasteiger partial charge in [-0.05, 0) is 133 Å². The number of benzene rings is 3. The Morgan fingerprint density at radius 1 is 0.769 bits per heavy atom. The zero-order valence-electron chi connectivity index (χ0n) is 46.0. The Labute approximate surface area is 462 Å². The first kappa shape index (κ1) is 58.6. The number of likely N-dealkylation sites (tertiary alicyclic amines) is 1. The highest BCUT2D eigenvalue weighted by molar-refractivity contribution is 7.10. The molecular formula is C60H73N7O10S. The van der Waals surface area contributed by atoms with E-state index in [1.54, 1.807) is 69.5 Å². The molecular weight excluding hydrogens is 1010 g/mol. The van der Waals surface area contributed by atoms with Crippen LogP contribution in [0, 0.1) is 42.4 Å². The Morgan fingerprint density at radius 3 is 1.94 bits per heavy atom. The van der Waals surface area contributed by atoms with E-state index < -0.39 is 29.7 Å². The predicted molar refractivity (Wildman–Crippen MR) is 295 cm³/mol. The van der Waals surface area contributed by atoms with E-state index >= 15 is 0 Å². The molecule has 0 unspecified atom stereocenters. The molecule has 18 heteroatoms. The molecule has 2 aromatic heterocycles. The SMILES string of the molecule is Cc1c(C#N)c(-c2ccc(C#N)cc2)c(C)n1Cc1ccc(OCCOCCOCCOCCOc2ccc(C(=O)c3csc([C@@H]4CCCN4C(=O)[C@@H](NC(=O)[C@H](C)N(C)C(=O)OC(C)(C)C)C4CCCCC4)n3)cc2)cc1. The molecule has 1 saturated carbocycles. The van der Waals surface area contributed by atoms with Crippen molar-refractivity contribution in [3.8, 4) is 34.8 Å². The summed E-state index contributed by atoms with van der Waals surface area (Å²) in [6, 6.07) is 24.7. The highest BCUT2D eigenvalue weighted by atomic mass is 32.1. The minimum absolute atomic E-state index is 0.0306. The molecule has 78 heavy (non-hydrogen) atoms. The molecule has 2 fully saturated rings. The van der Waals surface area contributed by atoms with Crippen LogP contribution in [-0.4, -0.2) is 127 Å². The number of ketones is 1. The second-order valence-corrected chi connectivity index (χ2v) is 21.6. The second-order valence-electron chi connectivity index (χ2n) is 20.8. The Balaban J connectivity index is 0.764. The average Bonchev–Trinajstić information content (AvgIpc) is 4.29. The van der Waals surface area contributed by atoms with E-state index in [0.29, 0.717) is 106 Å². The number of carbonyl (C=O) groups excluding carboxylic acids is 4. The van der Waals surface area contributed by atoms with Crippen LogP contribution in [0.15, 0.2) is 78.2 Å². The van der Waals surface area contributed by atoms with Crippen LogP contribution in [0.4, 0.5) is 4.79 Å². The van der Waals surface area contributed by atoms with Crippen LogP contribution in [0.1, 0.15) is 128 Å². The van der Waals surface area contributed by atoms with Gasteiger partial charge in [0.2, 0.25) is 17.6 Å². The van der Waals surface area contributed by atoms with Crippen LogP contribution in [0.3, 0.4) is 0 Å². The van der Waals surface area contributed by atoms with Crippen LogP contribution in [0.5, 0.6) is 11.5 Å². The lowest BCUT2D eigenvalue weighted by Crippen LogP contribution is -2.56. The fourth-order valence-corrected chi connectivity index (χ4v) is 10.8. The van der Waals surface area contributed by atoms with Crippen LogP contribution in [0.2, 0.25) is 0 Å². The molecule has 414 valence electrons. The minimum atomic E-state index is -0.859. The van der Waals surface area contributed by atoms with E-state index in [2.05, 4.69) is 22.0 Å². The fraction of sp³-hybridized carbons (Fsp3) is 0.483. The van der Waals surface area contributed by atoms with Crippen LogP contribution < -0.4 is 14.8 Å². The predicted octanol–water partition coefficient (Wildman–Crippen LogP) is 9.74. The van der Waals surface area contributed by atoms with Crippen molar-refractivity contribution in [3.63, 3.8) is 0 Å². The monoisotopic (exact) mass is 1080 g/mol. The van der Waals surface area contributed by atoms with Gasteiger partial charge in [0.15, 0.2) is 0 Å². The number of hydrogen-bond acceptors (Lipinski definition) is 14. The van der Waals surface area contributed by atoms with Crippen molar-refractivity contribution >= 4 is 35.0 Å². The quantitative estimate of drug-likeness (QED) is 0.0427. The smallest absolute Gasteiger partial charge is 0.410 e. The third-order valence-electron chi connectivity index (χ3n) is 14.2. The number of nitrogens with zero attached hydrogens (tertiary/aromatic N) is 6. The molecule has 0 bridgehead atoms. The summed E-state index contributed by atoms with van der Waals surface area (Å²) in [7, 11) is 1.52. The molecule has 3 atom stereocenters. The first-order valence-corrected chi connectivity index (χ1v) is 27.8. The molecule has 7 rings (SSSR count). The Hall–Kier alpha value is -7.09. The number of hydrogen-bond donors (Lipinski definition) is 1. The van der Waals surface area contributed by atoms with Gasteiger partial charge in [-0.2, -0.15) is 10.5 Å². The highest BCUT2D eigenvalue weighted by Crippen LogP contribution is 2.37. The van der Waals surface area contributed by atoms with Gasteiger partial charge in [-0.15, -0.1) is 11.3 Å². The summed E-state index contributed by atoms with van der Waals surface area (Å²) < 4.78 is 36.3. The number of likely N-dealkylation sites (N-methyl/N-ethyl adjacent to an activating group) is 1. The molecule has 0 spiro atoms. The average molecular weight is 1080 g/mol. The number of ether oxygens (including phenoxy) is 6. The number of rotatable bonds is 25. The lowest BCUT2D eigenvalue weighted by molar-refractivity contribution is -0.140. The zero-order chi connectivity index (χ0) is 55.8. The first-order valence-electron chi connectivity index (χ1n) is 26.9. The van der Waals surface area contributed by atoms with Crippen LogP contribution >= 0.6 is 11.3 Å². The summed E-state index contributed by atoms with van der Waals surface area (Å²) in [6.45, 7) is 15.1. The molecule has 3 heterocycles. The zero-order valence-corrected chi connectivity index (χ0v) is 46.8. The Bertz CT molecular complexity index is 2890. The maximum absolute atomic E-state index is 14.5. The summed E-state index contributed by atoms with van der Waals surface area (Å²) in [4.78, 5) is 62.3. The Kier molecular flexibility index (Phi) is 21.0. The van der Waals surface area contributed by atoms with Crippen molar-refractivity contribution in [1.82, 2.24) is 24.7 Å². The lowest BCUT2D eigenvalue weighted by atomic mass is 9.83. The molecule has 0 radical (unpaired) electrons. The third kappa shape index (κ3) is 15.6. The molecule has 3 amide bonds. The number of nitriles is 2. The van der Waals surface area contributed by atoms with Crippen LogP contribution in [-0.2, 0) is 35.1 Å². The van der Waals surface area contributed by atoms with E-state index in [-0.39, 0.29) is 23.7 Å². The molecule has 1 aliphatic heterocycles. The van der Waals surface area contributed by atoms with E-state index in [4.69, 9.17) is 33.4 Å². The normalized spacial score (nSPS) is 15.4. The summed E-state index contributed by atoms with van der Waals surface area (Å²) in [5, 5.41) is 24.6. The van der Waals surface area contributed by atoms with Gasteiger partial charge in [0.1, 0.15) is 59.2 Å². The van der Waals surface area contributed by atoms with Crippen LogP contribution in [0.25, 0.3) is 11.1 Å². The molecule has 5 aromatic rings. The third-order valence-corrected chi connectivity index (χ3v) is 15.2. The largest absolute Gasteiger partial charge is 0.491 e. The van der Waals surface area contributed by atoms with E-state index in [1.165, 1.54) is 23.3 Å². The fourth-order valence-electron chi connectivity index (χ4n) is 9.83. The van der Waals surface area contributed by atoms with Gasteiger partial charge in [-0.1, -0.05) is 43.5 Å². The maximum atomic E-state index is 14.5. The maximum Gasteiger partial charge on any atom is 0.410 e. The molecule has 1 aliphatic carbocycles. The number of amides is 3. The van der Waals surface area contributed by atoms with Crippen molar-refractivity contribution in [2.24, 2.45) is 5.92 Å². The minimum Gasteiger partial charge on any atom is -0.491 e. The van der Waals surface area contributed by atoms with Gasteiger partial charge in [0.25, 0.3) is 0 Å². The van der Waals surface area contributed by atoms with Gasteiger partial charge < -0.3 is 43.2 Å². The van der Waals surface area contributed by atoms with Crippen molar-refractivity contribution in [2.45, 2.75) is 117 Å². The van der Waals surface area contributed by atoms with Crippen molar-refractivity contribution in [2.75, 3.05) is 66.4 Å². The van der Waals surface area contributed by atoms with Gasteiger partial charge in [-0.25, -0.2) is 9.78 Å². The van der Waals surface area contributed by atoms with Crippen molar-refractivity contribution in [1.29, 1.82) is 10.5 Å². The Morgan fingerprint density at radius 2 is 1.36 bits per heavy atom.